The van der Waals surface area contributed by atoms with Gasteiger partial charge in [-0.15, -0.1) is 0 Å². The third-order valence-electron chi connectivity index (χ3n) is 6.12. The molecule has 2 heterocycles. The van der Waals surface area contributed by atoms with E-state index in [0.29, 0.717) is 16.8 Å². The molecule has 35 heavy (non-hydrogen) atoms. The Balaban J connectivity index is 1.66. The molecule has 0 bridgehead atoms. The number of nitrogens with two attached hydrogens (primary N) is 1. The monoisotopic (exact) mass is 463 g/mol. The van der Waals surface area contributed by atoms with Gasteiger partial charge in [0, 0.05) is 27.8 Å². The summed E-state index contributed by atoms with van der Waals surface area (Å²) in [7, 11) is 0. The normalized spacial score (nSPS) is 11.9. The number of fused-ring (bicyclic) bond motifs is 1. The fourth-order valence-electron chi connectivity index (χ4n) is 4.31. The van der Waals surface area contributed by atoms with Gasteiger partial charge in [0.05, 0.1) is 35.7 Å². The van der Waals surface area contributed by atoms with Gasteiger partial charge in [-0.25, -0.2) is 0 Å². The van der Waals surface area contributed by atoms with Crippen LogP contribution in [0.1, 0.15) is 27.7 Å². The number of aromatic nitrogens is 3. The van der Waals surface area contributed by atoms with E-state index >= 15 is 0 Å². The van der Waals surface area contributed by atoms with Gasteiger partial charge in [0.15, 0.2) is 0 Å². The number of rotatable bonds is 7. The number of nitrogens with zero attached hydrogens (tertiary/aromatic N) is 2. The summed E-state index contributed by atoms with van der Waals surface area (Å²) in [5, 5.41) is 21.8. The standard InChI is InChI=1S/C28H25N5O2/c1-17-23-13-19(11-12-25(23)33-32-17)24-14-20(31-26(16-34)18-7-3-2-4-8-18)15-30-27(24)21-9-5-6-10-22(21)28(29)35/h2-15,26,31,34H,16H2,1H3,(H2,29,35)(H,32,33)/t26-/m0/s1. The summed E-state index contributed by atoms with van der Waals surface area (Å²) in [6.07, 6.45) is 1.71. The summed E-state index contributed by atoms with van der Waals surface area (Å²) in [5.41, 5.74) is 12.7. The first-order valence-corrected chi connectivity index (χ1v) is 11.3. The largest absolute Gasteiger partial charge is 0.394 e. The molecule has 0 aliphatic heterocycles. The van der Waals surface area contributed by atoms with E-state index in [4.69, 9.17) is 10.7 Å². The fourth-order valence-corrected chi connectivity index (χ4v) is 4.31. The van der Waals surface area contributed by atoms with Crippen molar-refractivity contribution in [2.75, 3.05) is 11.9 Å². The molecule has 0 aliphatic rings. The van der Waals surface area contributed by atoms with Crippen LogP contribution in [-0.2, 0) is 0 Å². The molecule has 174 valence electrons. The number of hydrogen-bond acceptors (Lipinski definition) is 5. The molecule has 2 aromatic heterocycles. The molecule has 0 saturated heterocycles. The number of hydrogen-bond donors (Lipinski definition) is 4. The lowest BCUT2D eigenvalue weighted by molar-refractivity contribution is 0.100. The van der Waals surface area contributed by atoms with E-state index in [0.717, 1.165) is 39.0 Å². The van der Waals surface area contributed by atoms with Crippen LogP contribution in [0.15, 0.2) is 85.1 Å². The molecule has 3 aromatic carbocycles. The van der Waals surface area contributed by atoms with Gasteiger partial charge in [-0.2, -0.15) is 5.10 Å². The lowest BCUT2D eigenvalue weighted by Gasteiger charge is -2.20. The number of pyridine rings is 1. The van der Waals surface area contributed by atoms with Crippen molar-refractivity contribution in [2.45, 2.75) is 13.0 Å². The number of benzene rings is 3. The number of aliphatic hydroxyl groups is 1. The molecule has 7 nitrogen and oxygen atoms in total. The van der Waals surface area contributed by atoms with E-state index in [-0.39, 0.29) is 12.6 Å². The Bertz CT molecular complexity index is 1510. The maximum atomic E-state index is 12.2. The molecule has 1 amide bonds. The number of nitrogens with one attached hydrogen (secondary N) is 2. The summed E-state index contributed by atoms with van der Waals surface area (Å²) in [5.74, 6) is -0.513. The Labute approximate surface area is 202 Å². The van der Waals surface area contributed by atoms with Gasteiger partial charge in [-0.05, 0) is 42.3 Å². The van der Waals surface area contributed by atoms with Gasteiger partial charge in [0.2, 0.25) is 5.91 Å². The van der Waals surface area contributed by atoms with E-state index in [1.807, 2.05) is 67.6 Å². The molecular weight excluding hydrogens is 438 g/mol. The predicted octanol–water partition coefficient (Wildman–Crippen LogP) is 4.84. The summed E-state index contributed by atoms with van der Waals surface area (Å²) in [6, 6.07) is 24.6. The summed E-state index contributed by atoms with van der Waals surface area (Å²) < 4.78 is 0. The van der Waals surface area contributed by atoms with Crippen LogP contribution < -0.4 is 11.1 Å². The SMILES string of the molecule is Cc1[nH]nc2ccc(-c3cc(N[C@@H](CO)c4ccccc4)cnc3-c3ccccc3C(N)=O)cc12. The fraction of sp³-hybridized carbons (Fsp3) is 0.107. The zero-order valence-electron chi connectivity index (χ0n) is 19.2. The molecule has 5 N–H and O–H groups in total. The minimum absolute atomic E-state index is 0.0776. The molecule has 5 aromatic rings. The van der Waals surface area contributed by atoms with Crippen LogP contribution >= 0.6 is 0 Å². The highest BCUT2D eigenvalue weighted by Gasteiger charge is 2.18. The Kier molecular flexibility index (Phi) is 5.99. The maximum Gasteiger partial charge on any atom is 0.249 e. The second kappa shape index (κ2) is 9.40. The first kappa shape index (κ1) is 22.3. The highest BCUT2D eigenvalue weighted by Crippen LogP contribution is 2.36. The number of aromatic amines is 1. The van der Waals surface area contributed by atoms with Crippen molar-refractivity contribution in [1.29, 1.82) is 0 Å². The van der Waals surface area contributed by atoms with Gasteiger partial charge in [0.1, 0.15) is 0 Å². The summed E-state index contributed by atoms with van der Waals surface area (Å²) >= 11 is 0. The molecule has 1 atom stereocenters. The number of H-pyrrole nitrogens is 1. The molecule has 0 spiro atoms. The average Bonchev–Trinajstić information content (AvgIpc) is 3.27. The number of carbonyl (C=O) groups is 1. The zero-order valence-corrected chi connectivity index (χ0v) is 19.2. The van der Waals surface area contributed by atoms with Crippen LogP contribution in [0.4, 0.5) is 5.69 Å². The molecule has 0 saturated carbocycles. The van der Waals surface area contributed by atoms with E-state index in [9.17, 15) is 9.90 Å². The first-order chi connectivity index (χ1) is 17.0. The number of anilines is 1. The van der Waals surface area contributed by atoms with Crippen molar-refractivity contribution in [3.05, 3.63) is 102 Å². The molecule has 7 heteroatoms. The van der Waals surface area contributed by atoms with Gasteiger partial charge >= 0.3 is 0 Å². The average molecular weight is 464 g/mol. The Morgan fingerprint density at radius 1 is 1.03 bits per heavy atom. The highest BCUT2D eigenvalue weighted by molar-refractivity contribution is 6.01. The topological polar surface area (TPSA) is 117 Å². The molecule has 5 rings (SSSR count). The zero-order chi connectivity index (χ0) is 24.4. The maximum absolute atomic E-state index is 12.2. The van der Waals surface area contributed by atoms with Crippen LogP contribution in [0.25, 0.3) is 33.3 Å². The smallest absolute Gasteiger partial charge is 0.249 e. The highest BCUT2D eigenvalue weighted by atomic mass is 16.3. The van der Waals surface area contributed by atoms with Crippen molar-refractivity contribution in [3.63, 3.8) is 0 Å². The van der Waals surface area contributed by atoms with Gasteiger partial charge in [0.25, 0.3) is 0 Å². The second-order valence-electron chi connectivity index (χ2n) is 8.40. The van der Waals surface area contributed by atoms with Crippen LogP contribution in [0.2, 0.25) is 0 Å². The van der Waals surface area contributed by atoms with Crippen molar-refractivity contribution < 1.29 is 9.90 Å². The minimum atomic E-state index is -0.513. The quantitative estimate of drug-likeness (QED) is 0.275. The van der Waals surface area contributed by atoms with Crippen LogP contribution in [0.3, 0.4) is 0 Å². The molecular formula is C28H25N5O2. The third-order valence-corrected chi connectivity index (χ3v) is 6.12. The van der Waals surface area contributed by atoms with E-state index in [2.05, 4.69) is 21.6 Å². The number of carbonyl (C=O) groups excluding carboxylic acids is 1. The van der Waals surface area contributed by atoms with Gasteiger partial charge < -0.3 is 16.2 Å². The minimum Gasteiger partial charge on any atom is -0.394 e. The van der Waals surface area contributed by atoms with E-state index in [1.54, 1.807) is 18.3 Å². The van der Waals surface area contributed by atoms with Gasteiger partial charge in [-0.3, -0.25) is 14.9 Å². The van der Waals surface area contributed by atoms with Crippen LogP contribution in [0.5, 0.6) is 0 Å². The van der Waals surface area contributed by atoms with Crippen LogP contribution in [-0.4, -0.2) is 32.8 Å². The summed E-state index contributed by atoms with van der Waals surface area (Å²) in [6.45, 7) is 1.90. The number of aryl methyl sites for hydroxylation is 1. The first-order valence-electron chi connectivity index (χ1n) is 11.3. The number of aliphatic hydroxyl groups excluding tert-OH is 1. The Morgan fingerprint density at radius 2 is 1.80 bits per heavy atom. The lowest BCUT2D eigenvalue weighted by Crippen LogP contribution is -2.15. The second-order valence-corrected chi connectivity index (χ2v) is 8.40. The molecule has 0 aliphatic carbocycles. The van der Waals surface area contributed by atoms with Crippen molar-refractivity contribution >= 4 is 22.5 Å². The lowest BCUT2D eigenvalue weighted by atomic mass is 9.94. The molecule has 0 radical (unpaired) electrons. The number of primary amides is 1. The van der Waals surface area contributed by atoms with Crippen LogP contribution in [0, 0.1) is 6.92 Å². The predicted molar refractivity (Wildman–Crippen MR) is 138 cm³/mol. The Morgan fingerprint density at radius 3 is 2.57 bits per heavy atom. The van der Waals surface area contributed by atoms with E-state index in [1.165, 1.54) is 0 Å². The van der Waals surface area contributed by atoms with Crippen molar-refractivity contribution in [2.24, 2.45) is 5.73 Å². The van der Waals surface area contributed by atoms with E-state index < -0.39 is 5.91 Å². The summed E-state index contributed by atoms with van der Waals surface area (Å²) in [4.78, 5) is 16.9. The van der Waals surface area contributed by atoms with Gasteiger partial charge in [-0.1, -0.05) is 54.6 Å². The molecule has 0 unspecified atom stereocenters. The number of amides is 1. The Hall–Kier alpha value is -4.49. The third kappa shape index (κ3) is 4.37. The van der Waals surface area contributed by atoms with Crippen molar-refractivity contribution in [3.8, 4) is 22.4 Å². The molecule has 0 fully saturated rings. The van der Waals surface area contributed by atoms with Crippen molar-refractivity contribution in [1.82, 2.24) is 15.2 Å².